The van der Waals surface area contributed by atoms with Gasteiger partial charge in [0.1, 0.15) is 0 Å². The molecule has 138 valence electrons. The van der Waals surface area contributed by atoms with Gasteiger partial charge in [0, 0.05) is 0 Å². The second-order valence-corrected chi connectivity index (χ2v) is 9.05. The molecule has 3 rings (SSSR count). The van der Waals surface area contributed by atoms with Gasteiger partial charge in [-0.3, -0.25) is 0 Å². The molecule has 2 heteroatoms. The van der Waals surface area contributed by atoms with Crippen LogP contribution in [0, 0.1) is 29.6 Å². The van der Waals surface area contributed by atoms with E-state index in [2.05, 4.69) is 19.1 Å². The van der Waals surface area contributed by atoms with Crippen molar-refractivity contribution in [3.05, 3.63) is 12.2 Å². The highest BCUT2D eigenvalue weighted by molar-refractivity contribution is 4.94. The minimum absolute atomic E-state index is 0.118. The lowest BCUT2D eigenvalue weighted by molar-refractivity contribution is -0.0119. The summed E-state index contributed by atoms with van der Waals surface area (Å²) in [5, 5.41) is 20.5. The van der Waals surface area contributed by atoms with Gasteiger partial charge in [-0.25, -0.2) is 0 Å². The Labute approximate surface area is 148 Å². The molecule has 0 spiro atoms. The van der Waals surface area contributed by atoms with Crippen LogP contribution in [0.5, 0.6) is 0 Å². The predicted molar refractivity (Wildman–Crippen MR) is 99.7 cm³/mol. The Balaban J connectivity index is 1.42. The molecule has 0 heterocycles. The van der Waals surface area contributed by atoms with Crippen LogP contribution in [0.25, 0.3) is 0 Å². The zero-order valence-electron chi connectivity index (χ0n) is 15.6. The Bertz CT molecular complexity index is 389. The van der Waals surface area contributed by atoms with Gasteiger partial charge in [0.15, 0.2) is 0 Å². The van der Waals surface area contributed by atoms with Crippen molar-refractivity contribution in [1.82, 2.24) is 0 Å². The molecule has 2 fully saturated rings. The molecule has 0 bridgehead atoms. The second-order valence-electron chi connectivity index (χ2n) is 9.05. The maximum atomic E-state index is 10.8. The molecule has 24 heavy (non-hydrogen) atoms. The molecule has 0 aliphatic heterocycles. The summed E-state index contributed by atoms with van der Waals surface area (Å²) in [5.74, 6) is 3.33. The molecular formula is C22H38O2. The number of allylic oxidation sites excluding steroid dienone is 2. The minimum atomic E-state index is -0.152. The minimum Gasteiger partial charge on any atom is -0.393 e. The van der Waals surface area contributed by atoms with Crippen molar-refractivity contribution < 1.29 is 10.2 Å². The topological polar surface area (TPSA) is 40.5 Å². The molecule has 3 aliphatic carbocycles. The number of hydrogen-bond donors (Lipinski definition) is 2. The summed E-state index contributed by atoms with van der Waals surface area (Å²) >= 11 is 0. The lowest BCUT2D eigenvalue weighted by atomic mass is 9.69. The first-order chi connectivity index (χ1) is 11.6. The van der Waals surface area contributed by atoms with Crippen molar-refractivity contribution in [3.8, 4) is 0 Å². The van der Waals surface area contributed by atoms with Crippen LogP contribution in [0.2, 0.25) is 0 Å². The number of hydrogen-bond acceptors (Lipinski definition) is 2. The van der Waals surface area contributed by atoms with E-state index in [0.717, 1.165) is 37.5 Å². The van der Waals surface area contributed by atoms with Gasteiger partial charge in [0.25, 0.3) is 0 Å². The van der Waals surface area contributed by atoms with Crippen LogP contribution in [-0.4, -0.2) is 22.4 Å². The van der Waals surface area contributed by atoms with Crippen molar-refractivity contribution in [2.24, 2.45) is 29.6 Å². The fourth-order valence-electron chi connectivity index (χ4n) is 5.61. The van der Waals surface area contributed by atoms with Crippen molar-refractivity contribution in [2.75, 3.05) is 0 Å². The number of rotatable bonds is 5. The summed E-state index contributed by atoms with van der Waals surface area (Å²) in [6.45, 7) is 2.28. The quantitative estimate of drug-likeness (QED) is 0.688. The van der Waals surface area contributed by atoms with Gasteiger partial charge in [-0.1, -0.05) is 31.9 Å². The standard InChI is InChI=1S/C22H38O2/c1-16(22(24)20-11-13-21(23)14-12-20)19-9-7-18(8-10-19)15-17-5-3-2-4-6-17/h3,5,16-24H,2,4,6-15H2,1H3/t16-,17?,18?,19?,20?,21?,22+/m1/s1. The summed E-state index contributed by atoms with van der Waals surface area (Å²) in [6.07, 6.45) is 19.2. The maximum absolute atomic E-state index is 10.8. The second kappa shape index (κ2) is 8.85. The average Bonchev–Trinajstić information content (AvgIpc) is 2.63. The van der Waals surface area contributed by atoms with Gasteiger partial charge in [0.05, 0.1) is 12.2 Å². The molecule has 1 unspecified atom stereocenters. The zero-order chi connectivity index (χ0) is 16.9. The van der Waals surface area contributed by atoms with E-state index in [-0.39, 0.29) is 12.2 Å². The summed E-state index contributed by atoms with van der Waals surface area (Å²) in [5.41, 5.74) is 0. The van der Waals surface area contributed by atoms with E-state index in [1.165, 1.54) is 51.4 Å². The smallest absolute Gasteiger partial charge is 0.0596 e. The summed E-state index contributed by atoms with van der Waals surface area (Å²) in [6, 6.07) is 0. The summed E-state index contributed by atoms with van der Waals surface area (Å²) < 4.78 is 0. The Morgan fingerprint density at radius 2 is 1.58 bits per heavy atom. The van der Waals surface area contributed by atoms with Gasteiger partial charge >= 0.3 is 0 Å². The fourth-order valence-corrected chi connectivity index (χ4v) is 5.61. The molecular weight excluding hydrogens is 296 g/mol. The molecule has 0 saturated heterocycles. The zero-order valence-corrected chi connectivity index (χ0v) is 15.6. The molecule has 0 radical (unpaired) electrons. The summed E-state index contributed by atoms with van der Waals surface area (Å²) in [7, 11) is 0. The molecule has 3 atom stereocenters. The van der Waals surface area contributed by atoms with Crippen LogP contribution in [0.3, 0.4) is 0 Å². The largest absolute Gasteiger partial charge is 0.393 e. The lowest BCUT2D eigenvalue weighted by Gasteiger charge is -2.39. The van der Waals surface area contributed by atoms with E-state index in [1.807, 2.05) is 0 Å². The molecule has 0 aromatic heterocycles. The van der Waals surface area contributed by atoms with E-state index >= 15 is 0 Å². The third-order valence-corrected chi connectivity index (χ3v) is 7.39. The van der Waals surface area contributed by atoms with Crippen LogP contribution in [-0.2, 0) is 0 Å². The highest BCUT2D eigenvalue weighted by atomic mass is 16.3. The average molecular weight is 335 g/mol. The van der Waals surface area contributed by atoms with Gasteiger partial charge in [-0.2, -0.15) is 0 Å². The highest BCUT2D eigenvalue weighted by Gasteiger charge is 2.34. The molecule has 2 nitrogen and oxygen atoms in total. The Kier molecular flexibility index (Phi) is 6.80. The van der Waals surface area contributed by atoms with Crippen molar-refractivity contribution in [2.45, 2.75) is 96.2 Å². The lowest BCUT2D eigenvalue weighted by Crippen LogP contribution is -2.36. The van der Waals surface area contributed by atoms with E-state index in [1.54, 1.807) is 0 Å². The van der Waals surface area contributed by atoms with Crippen LogP contribution < -0.4 is 0 Å². The molecule has 2 saturated carbocycles. The maximum Gasteiger partial charge on any atom is 0.0596 e. The first-order valence-corrected chi connectivity index (χ1v) is 10.7. The molecule has 0 amide bonds. The van der Waals surface area contributed by atoms with Gasteiger partial charge in [-0.05, 0) is 93.8 Å². The molecule has 0 aromatic carbocycles. The molecule has 0 aromatic rings. The summed E-state index contributed by atoms with van der Waals surface area (Å²) in [4.78, 5) is 0. The SMILES string of the molecule is C[C@H](C1CCC(CC2C=CCCC2)CC1)[C@H](O)C1CCC(O)CC1. The van der Waals surface area contributed by atoms with Crippen molar-refractivity contribution >= 4 is 0 Å². The van der Waals surface area contributed by atoms with E-state index in [4.69, 9.17) is 0 Å². The Morgan fingerprint density at radius 1 is 0.917 bits per heavy atom. The van der Waals surface area contributed by atoms with E-state index < -0.39 is 0 Å². The normalized spacial score (nSPS) is 40.2. The monoisotopic (exact) mass is 334 g/mol. The third-order valence-electron chi connectivity index (χ3n) is 7.39. The first-order valence-electron chi connectivity index (χ1n) is 10.7. The van der Waals surface area contributed by atoms with Crippen molar-refractivity contribution in [3.63, 3.8) is 0 Å². The van der Waals surface area contributed by atoms with Gasteiger partial charge in [-0.15, -0.1) is 0 Å². The van der Waals surface area contributed by atoms with Crippen molar-refractivity contribution in [1.29, 1.82) is 0 Å². The van der Waals surface area contributed by atoms with Crippen LogP contribution in [0.15, 0.2) is 12.2 Å². The number of aliphatic hydroxyl groups is 2. The van der Waals surface area contributed by atoms with Gasteiger partial charge < -0.3 is 10.2 Å². The predicted octanol–water partition coefficient (Wildman–Crippen LogP) is 5.09. The third kappa shape index (κ3) is 4.85. The van der Waals surface area contributed by atoms with E-state index in [0.29, 0.717) is 17.8 Å². The van der Waals surface area contributed by atoms with Crippen LogP contribution in [0.1, 0.15) is 84.0 Å². The molecule has 2 N–H and O–H groups in total. The number of aliphatic hydroxyl groups excluding tert-OH is 2. The first kappa shape index (κ1) is 18.5. The van der Waals surface area contributed by atoms with Crippen LogP contribution in [0.4, 0.5) is 0 Å². The highest BCUT2D eigenvalue weighted by Crippen LogP contribution is 2.41. The Morgan fingerprint density at radius 3 is 2.21 bits per heavy atom. The van der Waals surface area contributed by atoms with Crippen LogP contribution >= 0.6 is 0 Å². The Hall–Kier alpha value is -0.340. The fraction of sp³-hybridized carbons (Fsp3) is 0.909. The van der Waals surface area contributed by atoms with Gasteiger partial charge in [0.2, 0.25) is 0 Å². The van der Waals surface area contributed by atoms with E-state index in [9.17, 15) is 10.2 Å². The molecule has 3 aliphatic rings.